The molecule has 1 saturated heterocycles. The second kappa shape index (κ2) is 4.45. The maximum Gasteiger partial charge on any atom is 0.262 e. The molecule has 0 N–H and O–H groups in total. The smallest absolute Gasteiger partial charge is 0.262 e. The van der Waals surface area contributed by atoms with E-state index in [1.165, 1.54) is 11.3 Å². The molecule has 19 heavy (non-hydrogen) atoms. The van der Waals surface area contributed by atoms with Crippen LogP contribution in [0.25, 0.3) is 10.2 Å². The Kier molecular flexibility index (Phi) is 2.89. The third-order valence-corrected chi connectivity index (χ3v) is 4.68. The van der Waals surface area contributed by atoms with E-state index < -0.39 is 0 Å². The fourth-order valence-corrected chi connectivity index (χ4v) is 3.47. The molecule has 6 heteroatoms. The highest BCUT2D eigenvalue weighted by atomic mass is 32.1. The van der Waals surface area contributed by atoms with Crippen LogP contribution in [0.15, 0.2) is 16.5 Å². The van der Waals surface area contributed by atoms with E-state index in [4.69, 9.17) is 0 Å². The molecule has 3 rings (SSSR count). The van der Waals surface area contributed by atoms with Crippen LogP contribution in [0, 0.1) is 6.92 Å². The highest BCUT2D eigenvalue weighted by Crippen LogP contribution is 2.24. The lowest BCUT2D eigenvalue weighted by atomic mass is 10.2. The Bertz CT molecular complexity index is 703. The third-order valence-electron chi connectivity index (χ3n) is 3.67. The topological polar surface area (TPSA) is 55.2 Å². The molecule has 3 heterocycles. The number of amides is 1. The molecular weight excluding hydrogens is 262 g/mol. The van der Waals surface area contributed by atoms with E-state index in [0.717, 1.165) is 10.4 Å². The Labute approximate surface area is 114 Å². The second-order valence-electron chi connectivity index (χ2n) is 4.85. The summed E-state index contributed by atoms with van der Waals surface area (Å²) in [4.78, 5) is 31.2. The van der Waals surface area contributed by atoms with E-state index >= 15 is 0 Å². The summed E-state index contributed by atoms with van der Waals surface area (Å²) in [7, 11) is 0. The number of hydrogen-bond acceptors (Lipinski definition) is 4. The molecule has 1 fully saturated rings. The molecule has 0 radical (unpaired) electrons. The van der Waals surface area contributed by atoms with E-state index in [0.29, 0.717) is 24.9 Å². The van der Waals surface area contributed by atoms with Crippen LogP contribution in [-0.2, 0) is 4.79 Å². The van der Waals surface area contributed by atoms with Gasteiger partial charge in [-0.3, -0.25) is 14.2 Å². The van der Waals surface area contributed by atoms with Gasteiger partial charge in [0.15, 0.2) is 0 Å². The van der Waals surface area contributed by atoms with E-state index in [1.807, 2.05) is 19.2 Å². The van der Waals surface area contributed by atoms with Gasteiger partial charge in [0.2, 0.25) is 5.91 Å². The van der Waals surface area contributed by atoms with Gasteiger partial charge in [-0.2, -0.15) is 0 Å². The van der Waals surface area contributed by atoms with Crippen molar-refractivity contribution in [3.63, 3.8) is 0 Å². The minimum Gasteiger partial charge on any atom is -0.341 e. The Balaban J connectivity index is 2.07. The molecule has 0 spiro atoms. The third kappa shape index (κ3) is 1.87. The Hall–Kier alpha value is -1.69. The molecule has 1 amide bonds. The zero-order valence-corrected chi connectivity index (χ0v) is 11.7. The number of carbonyl (C=O) groups excluding carboxylic acids is 1. The van der Waals surface area contributed by atoms with E-state index in [1.54, 1.807) is 15.8 Å². The molecule has 2 aromatic rings. The normalized spacial score (nSPS) is 19.6. The number of fused-ring (bicyclic) bond motifs is 1. The lowest BCUT2D eigenvalue weighted by Gasteiger charge is -2.15. The summed E-state index contributed by atoms with van der Waals surface area (Å²) >= 11 is 1.48. The van der Waals surface area contributed by atoms with Gasteiger partial charge in [-0.15, -0.1) is 11.3 Å². The number of rotatable bonds is 2. The van der Waals surface area contributed by atoms with Gasteiger partial charge in [0.05, 0.1) is 17.8 Å². The molecule has 0 unspecified atom stereocenters. The zero-order chi connectivity index (χ0) is 13.6. The number of nitrogens with zero attached hydrogens (tertiary/aromatic N) is 3. The van der Waals surface area contributed by atoms with Crippen molar-refractivity contribution in [1.82, 2.24) is 14.5 Å². The minimum atomic E-state index is -0.0869. The van der Waals surface area contributed by atoms with E-state index in [9.17, 15) is 9.59 Å². The number of likely N-dealkylation sites (tertiary alicyclic amines) is 1. The molecule has 2 aromatic heterocycles. The van der Waals surface area contributed by atoms with Crippen molar-refractivity contribution in [2.24, 2.45) is 0 Å². The second-order valence-corrected chi connectivity index (χ2v) is 5.70. The molecule has 1 aliphatic rings. The molecule has 0 bridgehead atoms. The van der Waals surface area contributed by atoms with Crippen molar-refractivity contribution in [1.29, 1.82) is 0 Å². The fourth-order valence-electron chi connectivity index (χ4n) is 2.59. The minimum absolute atomic E-state index is 0.0282. The van der Waals surface area contributed by atoms with Gasteiger partial charge < -0.3 is 4.90 Å². The van der Waals surface area contributed by atoms with Gasteiger partial charge >= 0.3 is 0 Å². The molecule has 5 nitrogen and oxygen atoms in total. The van der Waals surface area contributed by atoms with Crippen LogP contribution in [0.2, 0.25) is 0 Å². The van der Waals surface area contributed by atoms with Crippen molar-refractivity contribution in [3.8, 4) is 0 Å². The number of carbonyl (C=O) groups is 1. The first-order valence-electron chi connectivity index (χ1n) is 6.34. The predicted molar refractivity (Wildman–Crippen MR) is 74.5 cm³/mol. The van der Waals surface area contributed by atoms with E-state index in [-0.39, 0.29) is 17.5 Å². The first kappa shape index (κ1) is 12.3. The maximum absolute atomic E-state index is 12.5. The lowest BCUT2D eigenvalue weighted by Crippen LogP contribution is -2.28. The van der Waals surface area contributed by atoms with Crippen LogP contribution in [-0.4, -0.2) is 33.4 Å². The highest BCUT2D eigenvalue weighted by Gasteiger charge is 2.30. The van der Waals surface area contributed by atoms with Crippen molar-refractivity contribution >= 4 is 27.5 Å². The lowest BCUT2D eigenvalue weighted by molar-refractivity contribution is -0.127. The number of likely N-dealkylation sites (N-methyl/N-ethyl adjacent to an activating group) is 1. The molecule has 1 atom stereocenters. The first-order valence-corrected chi connectivity index (χ1v) is 7.22. The number of hydrogen-bond donors (Lipinski definition) is 0. The molecule has 100 valence electrons. The Morgan fingerprint density at radius 2 is 2.26 bits per heavy atom. The van der Waals surface area contributed by atoms with Crippen molar-refractivity contribution in [2.45, 2.75) is 26.3 Å². The van der Waals surface area contributed by atoms with Crippen molar-refractivity contribution in [3.05, 3.63) is 27.6 Å². The molecular formula is C13H15N3O2S. The SMILES string of the molecule is CCN1C[C@@H](n2cnc3scc(C)c3c2=O)CC1=O. The molecule has 1 aliphatic heterocycles. The van der Waals surface area contributed by atoms with Gasteiger partial charge in [0, 0.05) is 19.5 Å². The summed E-state index contributed by atoms with van der Waals surface area (Å²) in [6.07, 6.45) is 1.97. The van der Waals surface area contributed by atoms with Crippen molar-refractivity contribution in [2.75, 3.05) is 13.1 Å². The number of aryl methyl sites for hydroxylation is 1. The molecule has 0 saturated carbocycles. The summed E-state index contributed by atoms with van der Waals surface area (Å²) in [5.41, 5.74) is 0.933. The van der Waals surface area contributed by atoms with Crippen LogP contribution in [0.5, 0.6) is 0 Å². The summed E-state index contributed by atoms with van der Waals surface area (Å²) in [6.45, 7) is 5.17. The fraction of sp³-hybridized carbons (Fsp3) is 0.462. The average molecular weight is 277 g/mol. The van der Waals surface area contributed by atoms with Gasteiger partial charge in [0.25, 0.3) is 5.56 Å². The first-order chi connectivity index (χ1) is 9.11. The Morgan fingerprint density at radius 1 is 1.47 bits per heavy atom. The summed E-state index contributed by atoms with van der Waals surface area (Å²) < 4.78 is 1.62. The van der Waals surface area contributed by atoms with Gasteiger partial charge in [-0.1, -0.05) is 0 Å². The monoisotopic (exact) mass is 277 g/mol. The van der Waals surface area contributed by atoms with Crippen LogP contribution in [0.1, 0.15) is 24.9 Å². The highest BCUT2D eigenvalue weighted by molar-refractivity contribution is 7.16. The average Bonchev–Trinajstić information content (AvgIpc) is 2.94. The summed E-state index contributed by atoms with van der Waals surface area (Å²) in [6, 6.07) is -0.0869. The number of thiophene rings is 1. The van der Waals surface area contributed by atoms with Gasteiger partial charge in [0.1, 0.15) is 4.83 Å². The van der Waals surface area contributed by atoms with Gasteiger partial charge in [-0.05, 0) is 24.8 Å². The largest absolute Gasteiger partial charge is 0.341 e. The standard InChI is InChI=1S/C13H15N3O2S/c1-3-15-5-9(4-10(15)17)16-7-14-12-11(13(16)18)8(2)6-19-12/h6-7,9H,3-5H2,1-2H3/t9-/m0/s1. The zero-order valence-electron chi connectivity index (χ0n) is 10.9. The quantitative estimate of drug-likeness (QED) is 0.837. The number of aromatic nitrogens is 2. The van der Waals surface area contributed by atoms with Gasteiger partial charge in [-0.25, -0.2) is 4.98 Å². The Morgan fingerprint density at radius 3 is 2.95 bits per heavy atom. The summed E-state index contributed by atoms with van der Waals surface area (Å²) in [5, 5.41) is 2.64. The van der Waals surface area contributed by atoms with E-state index in [2.05, 4.69) is 4.98 Å². The molecule has 0 aliphatic carbocycles. The van der Waals surface area contributed by atoms with Crippen LogP contribution >= 0.6 is 11.3 Å². The van der Waals surface area contributed by atoms with Crippen LogP contribution < -0.4 is 5.56 Å². The molecule has 0 aromatic carbocycles. The maximum atomic E-state index is 12.5. The summed E-state index contributed by atoms with van der Waals surface area (Å²) in [5.74, 6) is 0.113. The van der Waals surface area contributed by atoms with Crippen molar-refractivity contribution < 1.29 is 4.79 Å². The predicted octanol–water partition coefficient (Wildman–Crippen LogP) is 1.56. The van der Waals surface area contributed by atoms with Crippen LogP contribution in [0.4, 0.5) is 0 Å². The van der Waals surface area contributed by atoms with Crippen LogP contribution in [0.3, 0.4) is 0 Å².